The molecule has 2 heterocycles. The average molecular weight is 540 g/mol. The number of furan rings is 1. The number of rotatable bonds is 6. The number of hydrogen-bond donors (Lipinski definition) is 0. The number of para-hydroxylation sites is 2. The summed E-state index contributed by atoms with van der Waals surface area (Å²) in [6.45, 7) is 0.351. The molecule has 0 amide bonds. The van der Waals surface area contributed by atoms with Crippen molar-refractivity contribution in [1.82, 2.24) is 9.66 Å². The Morgan fingerprint density at radius 1 is 0.895 bits per heavy atom. The number of benzene rings is 4. The van der Waals surface area contributed by atoms with Gasteiger partial charge in [0, 0.05) is 5.39 Å². The summed E-state index contributed by atoms with van der Waals surface area (Å²) < 4.78 is 13.1. The summed E-state index contributed by atoms with van der Waals surface area (Å²) in [5.74, 6) is 1.46. The minimum Gasteiger partial charge on any atom is -0.489 e. The van der Waals surface area contributed by atoms with Gasteiger partial charge >= 0.3 is 0 Å². The van der Waals surface area contributed by atoms with E-state index in [1.165, 1.54) is 4.68 Å². The SMILES string of the molecule is O=c1c2ccccc2nc(-c2cc3ccccc3o2)n1N=Cc1ccc(OCc2ccc(Cl)c(Cl)c2)cc1. The van der Waals surface area contributed by atoms with Crippen LogP contribution in [0.4, 0.5) is 0 Å². The smallest absolute Gasteiger partial charge is 0.282 e. The molecule has 0 unspecified atom stereocenters. The number of ether oxygens (including phenoxy) is 1. The molecule has 0 aliphatic rings. The normalized spacial score (nSPS) is 11.5. The molecule has 0 spiro atoms. The van der Waals surface area contributed by atoms with Crippen LogP contribution in [-0.2, 0) is 6.61 Å². The van der Waals surface area contributed by atoms with Gasteiger partial charge in [0.2, 0.25) is 5.82 Å². The molecule has 8 heteroatoms. The minimum atomic E-state index is -0.288. The van der Waals surface area contributed by atoms with Crippen molar-refractivity contribution in [2.24, 2.45) is 5.10 Å². The second kappa shape index (κ2) is 10.2. The van der Waals surface area contributed by atoms with Crippen LogP contribution in [0.5, 0.6) is 5.75 Å². The van der Waals surface area contributed by atoms with Gasteiger partial charge in [-0.25, -0.2) is 4.98 Å². The van der Waals surface area contributed by atoms with E-state index >= 15 is 0 Å². The van der Waals surface area contributed by atoms with E-state index in [1.807, 2.05) is 66.7 Å². The van der Waals surface area contributed by atoms with Gasteiger partial charge in [-0.15, -0.1) is 0 Å². The quantitative estimate of drug-likeness (QED) is 0.204. The minimum absolute atomic E-state index is 0.288. The van der Waals surface area contributed by atoms with Gasteiger partial charge in [0.25, 0.3) is 5.56 Å². The van der Waals surface area contributed by atoms with Crippen LogP contribution in [0.1, 0.15) is 11.1 Å². The summed E-state index contributed by atoms with van der Waals surface area (Å²) >= 11 is 12.1. The highest BCUT2D eigenvalue weighted by atomic mass is 35.5. The summed E-state index contributed by atoms with van der Waals surface area (Å²) in [7, 11) is 0. The van der Waals surface area contributed by atoms with Crippen molar-refractivity contribution in [3.8, 4) is 17.3 Å². The molecule has 0 bridgehead atoms. The summed E-state index contributed by atoms with van der Waals surface area (Å²) in [4.78, 5) is 18.1. The first kappa shape index (κ1) is 24.0. The zero-order valence-corrected chi connectivity index (χ0v) is 21.4. The fourth-order valence-electron chi connectivity index (χ4n) is 4.05. The van der Waals surface area contributed by atoms with Gasteiger partial charge in [0.15, 0.2) is 5.76 Å². The molecule has 0 saturated heterocycles. The number of fused-ring (bicyclic) bond motifs is 2. The second-order valence-corrected chi connectivity index (χ2v) is 9.38. The van der Waals surface area contributed by atoms with Crippen molar-refractivity contribution in [3.63, 3.8) is 0 Å². The van der Waals surface area contributed by atoms with Crippen molar-refractivity contribution >= 4 is 51.3 Å². The van der Waals surface area contributed by atoms with Crippen LogP contribution in [0.2, 0.25) is 10.0 Å². The lowest BCUT2D eigenvalue weighted by atomic mass is 10.2. The summed E-state index contributed by atoms with van der Waals surface area (Å²) in [6.07, 6.45) is 1.60. The highest BCUT2D eigenvalue weighted by Gasteiger charge is 2.16. The topological polar surface area (TPSA) is 69.6 Å². The first-order valence-corrected chi connectivity index (χ1v) is 12.5. The largest absolute Gasteiger partial charge is 0.489 e. The fourth-order valence-corrected chi connectivity index (χ4v) is 4.37. The number of halogens is 2. The fraction of sp³-hybridized carbons (Fsp3) is 0.0333. The molecule has 186 valence electrons. The molecule has 0 aliphatic heterocycles. The van der Waals surface area contributed by atoms with Crippen LogP contribution >= 0.6 is 23.2 Å². The maximum atomic E-state index is 13.4. The molecule has 4 aromatic carbocycles. The Morgan fingerprint density at radius 3 is 2.50 bits per heavy atom. The van der Waals surface area contributed by atoms with E-state index in [0.29, 0.717) is 50.5 Å². The molecular formula is C30H19Cl2N3O3. The lowest BCUT2D eigenvalue weighted by Crippen LogP contribution is -2.20. The molecule has 0 saturated carbocycles. The molecule has 0 radical (unpaired) electrons. The van der Waals surface area contributed by atoms with E-state index in [2.05, 4.69) is 5.10 Å². The maximum absolute atomic E-state index is 13.4. The van der Waals surface area contributed by atoms with Crippen molar-refractivity contribution < 1.29 is 9.15 Å². The van der Waals surface area contributed by atoms with Crippen LogP contribution in [0.25, 0.3) is 33.5 Å². The third kappa shape index (κ3) is 4.79. The van der Waals surface area contributed by atoms with Gasteiger partial charge in [0.1, 0.15) is 17.9 Å². The van der Waals surface area contributed by atoms with Crippen molar-refractivity contribution in [2.75, 3.05) is 0 Å². The monoisotopic (exact) mass is 539 g/mol. The Balaban J connectivity index is 1.30. The Bertz CT molecular complexity index is 1840. The van der Waals surface area contributed by atoms with Crippen molar-refractivity contribution in [2.45, 2.75) is 6.61 Å². The molecular weight excluding hydrogens is 521 g/mol. The molecule has 0 aliphatic carbocycles. The van der Waals surface area contributed by atoms with Gasteiger partial charge in [0.05, 0.1) is 27.2 Å². The van der Waals surface area contributed by atoms with E-state index < -0.39 is 0 Å². The molecule has 0 fully saturated rings. The Labute approximate surface area is 227 Å². The number of hydrogen-bond acceptors (Lipinski definition) is 5. The standard InChI is InChI=1S/C30H19Cl2N3O3/c31-24-14-11-20(15-25(24)32)18-37-22-12-9-19(10-13-22)17-33-35-29(28-16-21-5-1-4-8-27(21)38-28)34-26-7-3-2-6-23(26)30(35)36/h1-17H,18H2. The summed E-state index contributed by atoms with van der Waals surface area (Å²) in [6, 6.07) is 29.4. The molecule has 0 atom stereocenters. The number of aromatic nitrogens is 2. The van der Waals surface area contributed by atoms with E-state index in [4.69, 9.17) is 37.3 Å². The van der Waals surface area contributed by atoms with Crippen molar-refractivity contribution in [3.05, 3.63) is 129 Å². The Kier molecular flexibility index (Phi) is 6.42. The molecule has 6 rings (SSSR count). The summed E-state index contributed by atoms with van der Waals surface area (Å²) in [5, 5.41) is 6.87. The van der Waals surface area contributed by atoms with E-state index in [9.17, 15) is 4.79 Å². The third-order valence-corrected chi connectivity index (χ3v) is 6.73. The van der Waals surface area contributed by atoms with E-state index in [1.54, 1.807) is 36.5 Å². The molecule has 0 N–H and O–H groups in total. The average Bonchev–Trinajstić information content (AvgIpc) is 3.38. The highest BCUT2D eigenvalue weighted by Crippen LogP contribution is 2.27. The zero-order valence-electron chi connectivity index (χ0n) is 19.8. The third-order valence-electron chi connectivity index (χ3n) is 5.99. The first-order chi connectivity index (χ1) is 18.5. The molecule has 2 aromatic heterocycles. The van der Waals surface area contributed by atoms with Gasteiger partial charge in [-0.1, -0.05) is 59.6 Å². The zero-order chi connectivity index (χ0) is 26.1. The van der Waals surface area contributed by atoms with Gasteiger partial charge in [-0.05, 0) is 71.8 Å². The van der Waals surface area contributed by atoms with Crippen LogP contribution < -0.4 is 10.3 Å². The van der Waals surface area contributed by atoms with Crippen molar-refractivity contribution in [1.29, 1.82) is 0 Å². The maximum Gasteiger partial charge on any atom is 0.282 e. The molecule has 6 aromatic rings. The molecule has 6 nitrogen and oxygen atoms in total. The van der Waals surface area contributed by atoms with Crippen LogP contribution in [0, 0.1) is 0 Å². The van der Waals surface area contributed by atoms with E-state index in [-0.39, 0.29) is 5.56 Å². The number of nitrogens with zero attached hydrogens (tertiary/aromatic N) is 3. The lowest BCUT2D eigenvalue weighted by molar-refractivity contribution is 0.306. The van der Waals surface area contributed by atoms with Crippen LogP contribution in [0.3, 0.4) is 0 Å². The van der Waals surface area contributed by atoms with Crippen LogP contribution in [-0.4, -0.2) is 15.9 Å². The Hall–Kier alpha value is -4.39. The molecule has 38 heavy (non-hydrogen) atoms. The second-order valence-electron chi connectivity index (χ2n) is 8.57. The summed E-state index contributed by atoms with van der Waals surface area (Å²) in [5.41, 5.74) is 2.68. The Morgan fingerprint density at radius 2 is 1.68 bits per heavy atom. The van der Waals surface area contributed by atoms with Crippen LogP contribution in [0.15, 0.2) is 111 Å². The predicted octanol–water partition coefficient (Wildman–Crippen LogP) is 7.58. The van der Waals surface area contributed by atoms with E-state index in [0.717, 1.165) is 16.5 Å². The predicted molar refractivity (Wildman–Crippen MR) is 151 cm³/mol. The van der Waals surface area contributed by atoms with Gasteiger partial charge in [-0.3, -0.25) is 4.79 Å². The highest BCUT2D eigenvalue weighted by molar-refractivity contribution is 6.42. The lowest BCUT2D eigenvalue weighted by Gasteiger charge is -2.08. The first-order valence-electron chi connectivity index (χ1n) is 11.8. The van der Waals surface area contributed by atoms with Gasteiger partial charge in [-0.2, -0.15) is 9.78 Å². The van der Waals surface area contributed by atoms with Gasteiger partial charge < -0.3 is 9.15 Å².